The van der Waals surface area contributed by atoms with Crippen LogP contribution in [0.5, 0.6) is 0 Å². The van der Waals surface area contributed by atoms with Crippen LogP contribution in [0.15, 0.2) is 24.9 Å². The molecular formula is C19H29N8O11P3S3. The van der Waals surface area contributed by atoms with Crippen molar-refractivity contribution in [3.05, 3.63) is 24.9 Å². The van der Waals surface area contributed by atoms with Crippen LogP contribution in [0.3, 0.4) is 0 Å². The Labute approximate surface area is 265 Å². The number of anilines is 1. The van der Waals surface area contributed by atoms with Gasteiger partial charge in [0, 0.05) is 19.0 Å². The van der Waals surface area contributed by atoms with E-state index in [1.165, 1.54) is 23.8 Å². The Hall–Kier alpha value is -1.13. The predicted molar refractivity (Wildman–Crippen MR) is 164 cm³/mol. The normalized spacial score (nSPS) is 31.3. The molecule has 0 spiro atoms. The van der Waals surface area contributed by atoms with Crippen molar-refractivity contribution in [3.8, 4) is 0 Å². The molecule has 0 aromatic carbocycles. The van der Waals surface area contributed by atoms with Gasteiger partial charge in [-0.15, -0.1) is 0 Å². The molecular weight excluding hydrogens is 705 g/mol. The first kappa shape index (κ1) is 34.2. The Kier molecular flexibility index (Phi) is 10.8. The number of nitrogens with zero attached hydrogens (tertiary/aromatic N) is 5. The van der Waals surface area contributed by atoms with E-state index < -0.39 is 76.3 Å². The second kappa shape index (κ2) is 13.9. The van der Waals surface area contributed by atoms with E-state index in [4.69, 9.17) is 62.6 Å². The molecule has 0 radical (unpaired) electrons. The van der Waals surface area contributed by atoms with E-state index in [0.717, 1.165) is 0 Å². The zero-order valence-electron chi connectivity index (χ0n) is 22.3. The maximum absolute atomic E-state index is 12.4. The maximum atomic E-state index is 12.4. The van der Waals surface area contributed by atoms with Crippen LogP contribution in [-0.4, -0.2) is 100 Å². The summed E-state index contributed by atoms with van der Waals surface area (Å²) in [5, 5.41) is 2.54. The van der Waals surface area contributed by atoms with Crippen molar-refractivity contribution in [2.45, 2.75) is 55.9 Å². The smallest absolute Gasteiger partial charge is 0.325 e. The molecule has 2 aromatic rings. The van der Waals surface area contributed by atoms with Crippen LogP contribution in [0, 0.1) is 0 Å². The molecule has 25 heteroatoms. The highest BCUT2D eigenvalue weighted by Crippen LogP contribution is 2.50. The van der Waals surface area contributed by atoms with Gasteiger partial charge in [-0.2, -0.15) is 0 Å². The van der Waals surface area contributed by atoms with Gasteiger partial charge in [0.2, 0.25) is 0 Å². The minimum Gasteiger partial charge on any atom is -0.382 e. The minimum absolute atomic E-state index is 0.0734. The van der Waals surface area contributed by atoms with Crippen LogP contribution in [0.25, 0.3) is 11.2 Å². The number of nitrogens with two attached hydrogens (primary N) is 2. The second-order valence-electron chi connectivity index (χ2n) is 9.65. The van der Waals surface area contributed by atoms with Gasteiger partial charge in [0.15, 0.2) is 18.6 Å². The molecule has 9 atom stereocenters. The number of carbonyl (C=O) groups excluding carboxylic acids is 1. The van der Waals surface area contributed by atoms with E-state index in [1.807, 2.05) is 0 Å². The van der Waals surface area contributed by atoms with Gasteiger partial charge in [-0.1, -0.05) is 0 Å². The van der Waals surface area contributed by atoms with Crippen LogP contribution < -0.4 is 16.8 Å². The first-order chi connectivity index (χ1) is 20.7. The lowest BCUT2D eigenvalue weighted by atomic mass is 10.2. The third-order valence-electron chi connectivity index (χ3n) is 6.68. The fourth-order valence-corrected chi connectivity index (χ4v) is 7.65. The summed E-state index contributed by atoms with van der Waals surface area (Å²) >= 11 is 14.7. The van der Waals surface area contributed by atoms with E-state index in [1.54, 1.807) is 10.6 Å². The molecule has 0 saturated carbocycles. The first-order valence-electron chi connectivity index (χ1n) is 12.7. The molecule has 3 aliphatic heterocycles. The number of amides is 2. The number of nitrogen functional groups attached to an aromatic ring is 1. The molecule has 5 heterocycles. The lowest BCUT2D eigenvalue weighted by Gasteiger charge is -2.30. The molecule has 19 nitrogen and oxygen atoms in total. The Morgan fingerprint density at radius 3 is 2.48 bits per heavy atom. The Balaban J connectivity index is 1.27. The third-order valence-corrected chi connectivity index (χ3v) is 9.86. The molecule has 3 aliphatic rings. The van der Waals surface area contributed by atoms with Gasteiger partial charge in [-0.3, -0.25) is 9.47 Å². The lowest BCUT2D eigenvalue weighted by Crippen LogP contribution is -2.52. The quantitative estimate of drug-likeness (QED) is 0.134. The van der Waals surface area contributed by atoms with Gasteiger partial charge in [-0.25, -0.2) is 19.7 Å². The largest absolute Gasteiger partial charge is 0.382 e. The number of carbonyl (C=O) groups is 1. The van der Waals surface area contributed by atoms with E-state index in [9.17, 15) is 24.4 Å². The summed E-state index contributed by atoms with van der Waals surface area (Å²) in [4.78, 5) is 66.0. The molecule has 244 valence electrons. The van der Waals surface area contributed by atoms with E-state index in [-0.39, 0.29) is 25.3 Å². The number of hydrogen-bond donors (Lipinski definition) is 7. The average molecular weight is 735 g/mol. The van der Waals surface area contributed by atoms with Crippen LogP contribution >= 0.6 is 20.6 Å². The van der Waals surface area contributed by atoms with E-state index >= 15 is 0 Å². The Morgan fingerprint density at radius 1 is 1.09 bits per heavy atom. The van der Waals surface area contributed by atoms with Crippen molar-refractivity contribution >= 4 is 79.0 Å². The first-order valence-corrected chi connectivity index (χ1v) is 20.4. The number of hydrogen-bond acceptors (Lipinski definition) is 15. The zero-order valence-corrected chi connectivity index (χ0v) is 27.6. The molecule has 44 heavy (non-hydrogen) atoms. The van der Waals surface area contributed by atoms with Crippen LogP contribution in [0.4, 0.5) is 10.6 Å². The molecule has 9 N–H and O–H groups in total. The van der Waals surface area contributed by atoms with Crippen LogP contribution in [0.1, 0.15) is 19.1 Å². The van der Waals surface area contributed by atoms with E-state index in [0.29, 0.717) is 11.2 Å². The Morgan fingerprint density at radius 2 is 1.77 bits per heavy atom. The van der Waals surface area contributed by atoms with Gasteiger partial charge >= 0.3 is 19.5 Å². The van der Waals surface area contributed by atoms with Crippen molar-refractivity contribution < 1.29 is 51.9 Å². The highest BCUT2D eigenvalue weighted by atomic mass is 32.5. The number of urea groups is 1. The standard InChI is InChI=1S/C19H29N8O11P3S3/c20-13-1-2-26(19(28)25-13)14-3-9(37-39(29)42)11(35-14)6-34-41(32,44)38-10-4-15(36-12(10)5-33-40(30,31)43)27-8-24-16-17(21)22-7-23-18(16)27/h1-2,7-15,39H,3-6,20H2,(H,25,28)(H,29,42)(H,32,44)(H2,21,22,23)(H2,30,31,43)/t9?,10-,11-,12-,13?,14-,15-,41?/m1/s1. The van der Waals surface area contributed by atoms with Gasteiger partial charge < -0.3 is 63.9 Å². The van der Waals surface area contributed by atoms with Crippen LogP contribution in [-0.2, 0) is 63.0 Å². The second-order valence-corrected chi connectivity index (χ2v) is 16.9. The highest BCUT2D eigenvalue weighted by molar-refractivity contribution is 8.07. The van der Waals surface area contributed by atoms with Crippen molar-refractivity contribution in [3.63, 3.8) is 0 Å². The number of nitrogens with one attached hydrogen (secondary N) is 1. The van der Waals surface area contributed by atoms with Gasteiger partial charge in [0.1, 0.15) is 36.5 Å². The number of ether oxygens (including phenoxy) is 2. The van der Waals surface area contributed by atoms with Crippen molar-refractivity contribution in [1.29, 1.82) is 0 Å². The summed E-state index contributed by atoms with van der Waals surface area (Å²) in [6, 6.07) is -0.506. The minimum atomic E-state index is -4.06. The topological polar surface area (TPSA) is 264 Å². The molecule has 2 saturated heterocycles. The summed E-state index contributed by atoms with van der Waals surface area (Å²) in [6.07, 6.45) is -0.0214. The van der Waals surface area contributed by atoms with Gasteiger partial charge in [-0.05, 0) is 41.5 Å². The van der Waals surface area contributed by atoms with Crippen molar-refractivity contribution in [1.82, 2.24) is 29.7 Å². The van der Waals surface area contributed by atoms with Crippen molar-refractivity contribution in [2.24, 2.45) is 5.73 Å². The number of rotatable bonds is 12. The number of imidazole rings is 1. The van der Waals surface area contributed by atoms with E-state index in [2.05, 4.69) is 32.1 Å². The third kappa shape index (κ3) is 8.41. The van der Waals surface area contributed by atoms with Gasteiger partial charge in [0.25, 0.3) is 0 Å². The highest BCUT2D eigenvalue weighted by Gasteiger charge is 2.44. The predicted octanol–water partition coefficient (Wildman–Crippen LogP) is -0.637. The maximum Gasteiger partial charge on any atom is 0.325 e. The number of aromatic nitrogens is 4. The van der Waals surface area contributed by atoms with Crippen molar-refractivity contribution in [2.75, 3.05) is 18.9 Å². The van der Waals surface area contributed by atoms with Gasteiger partial charge in [0.05, 0.1) is 37.9 Å². The molecule has 2 amide bonds. The number of fused-ring (bicyclic) bond motifs is 1. The SMILES string of the molecule is Nc1ncnc2c1ncn2[C@H]1C[C@@H](OP(O)(=S)OC[C@H]2O[C@@H](N3C=CC(N)NC3=O)CC2O[PH](O)=S)[C@@H](COP(O)(O)=S)O1. The van der Waals surface area contributed by atoms with Crippen LogP contribution in [0.2, 0.25) is 0 Å². The fraction of sp³-hybridized carbons (Fsp3) is 0.579. The Bertz CT molecular complexity index is 1530. The lowest BCUT2D eigenvalue weighted by molar-refractivity contribution is -0.0537. The summed E-state index contributed by atoms with van der Waals surface area (Å²) in [6.45, 7) is -8.87. The summed E-state index contributed by atoms with van der Waals surface area (Å²) in [5.74, 6) is 0.157. The summed E-state index contributed by atoms with van der Waals surface area (Å²) in [7, 11) is -2.59. The summed E-state index contributed by atoms with van der Waals surface area (Å²) < 4.78 is 35.4. The molecule has 2 aromatic heterocycles. The molecule has 5 rings (SSSR count). The average Bonchev–Trinajstić information content (AvgIpc) is 3.63. The summed E-state index contributed by atoms with van der Waals surface area (Å²) in [5.41, 5.74) is 12.3. The molecule has 0 bridgehead atoms. The molecule has 4 unspecified atom stereocenters. The molecule has 2 fully saturated rings. The molecule has 0 aliphatic carbocycles. The fourth-order valence-electron chi connectivity index (χ4n) is 4.77. The monoisotopic (exact) mass is 734 g/mol. The zero-order chi connectivity index (χ0) is 31.8.